The van der Waals surface area contributed by atoms with Crippen molar-refractivity contribution in [2.24, 2.45) is 10.9 Å². The summed E-state index contributed by atoms with van der Waals surface area (Å²) in [5, 5.41) is 25.0. The molecule has 3 aliphatic rings. The van der Waals surface area contributed by atoms with Crippen LogP contribution in [0.2, 0.25) is 5.02 Å². The molecule has 34 heavy (non-hydrogen) atoms. The molecule has 0 amide bonds. The van der Waals surface area contributed by atoms with Gasteiger partial charge in [0.05, 0.1) is 41.4 Å². The molecule has 7 nitrogen and oxygen atoms in total. The number of rotatable bonds is 4. The Hall–Kier alpha value is -2.13. The number of benzene rings is 1. The van der Waals surface area contributed by atoms with Gasteiger partial charge in [0, 0.05) is 17.6 Å². The van der Waals surface area contributed by atoms with Crippen molar-refractivity contribution in [3.05, 3.63) is 34.7 Å². The van der Waals surface area contributed by atoms with Crippen molar-refractivity contribution >= 4 is 28.9 Å². The van der Waals surface area contributed by atoms with Crippen molar-refractivity contribution in [3.8, 4) is 11.3 Å². The van der Waals surface area contributed by atoms with Crippen molar-refractivity contribution < 1.29 is 19.3 Å². The average Bonchev–Trinajstić information content (AvgIpc) is 3.27. The van der Waals surface area contributed by atoms with Crippen LogP contribution in [0.5, 0.6) is 0 Å². The zero-order chi connectivity index (χ0) is 24.3. The summed E-state index contributed by atoms with van der Waals surface area (Å²) in [7, 11) is 0. The summed E-state index contributed by atoms with van der Waals surface area (Å²) in [6, 6.07) is 2.99. The summed E-state index contributed by atoms with van der Waals surface area (Å²) in [5.41, 5.74) is 0.830. The molecular weight excluding hydrogens is 459 g/mol. The molecule has 5 rings (SSSR count). The van der Waals surface area contributed by atoms with Crippen LogP contribution >= 0.6 is 11.6 Å². The van der Waals surface area contributed by atoms with Gasteiger partial charge in [0.1, 0.15) is 17.1 Å². The summed E-state index contributed by atoms with van der Waals surface area (Å²) in [6.07, 6.45) is 3.59. The largest absolute Gasteiger partial charge is 0.389 e. The fourth-order valence-corrected chi connectivity index (χ4v) is 5.77. The number of halogens is 2. The number of aliphatic imine (C=N–C) groups is 1. The molecule has 3 N–H and O–H groups in total. The number of nitrogens with one attached hydrogen (secondary N) is 1. The van der Waals surface area contributed by atoms with E-state index in [4.69, 9.17) is 16.3 Å². The van der Waals surface area contributed by atoms with Gasteiger partial charge in [-0.25, -0.2) is 14.4 Å². The molecule has 2 aromatic rings. The highest BCUT2D eigenvalue weighted by molar-refractivity contribution is 6.33. The minimum absolute atomic E-state index is 0.246. The van der Waals surface area contributed by atoms with Crippen LogP contribution in [0.1, 0.15) is 52.0 Å². The van der Waals surface area contributed by atoms with Crippen molar-refractivity contribution in [2.45, 2.75) is 69.6 Å². The molecule has 182 valence electrons. The van der Waals surface area contributed by atoms with E-state index in [1.807, 2.05) is 19.9 Å². The highest BCUT2D eigenvalue weighted by atomic mass is 35.5. The van der Waals surface area contributed by atoms with Crippen LogP contribution < -0.4 is 5.32 Å². The highest BCUT2D eigenvalue weighted by Crippen LogP contribution is 2.50. The number of aromatic nitrogens is 2. The summed E-state index contributed by atoms with van der Waals surface area (Å²) >= 11 is 6.43. The molecule has 2 fully saturated rings. The maximum atomic E-state index is 15.4. The van der Waals surface area contributed by atoms with Crippen LogP contribution in [0.25, 0.3) is 11.3 Å². The number of hydrogen-bond donors (Lipinski definition) is 3. The first-order valence-electron chi connectivity index (χ1n) is 11.8. The molecule has 1 saturated heterocycles. The molecule has 9 heteroatoms. The zero-order valence-electron chi connectivity index (χ0n) is 19.6. The van der Waals surface area contributed by atoms with E-state index in [-0.39, 0.29) is 23.4 Å². The minimum Gasteiger partial charge on any atom is -0.389 e. The topological polar surface area (TPSA) is 99.9 Å². The molecule has 1 aromatic carbocycles. The zero-order valence-corrected chi connectivity index (χ0v) is 20.4. The minimum atomic E-state index is -1.03. The fourth-order valence-electron chi connectivity index (χ4n) is 5.57. The first kappa shape index (κ1) is 23.6. The highest BCUT2D eigenvalue weighted by Gasteiger charge is 2.50. The van der Waals surface area contributed by atoms with E-state index >= 15 is 4.39 Å². The van der Waals surface area contributed by atoms with Gasteiger partial charge < -0.3 is 20.3 Å². The molecule has 1 aliphatic carbocycles. The van der Waals surface area contributed by atoms with E-state index in [2.05, 4.69) is 27.2 Å². The Kier molecular flexibility index (Phi) is 5.91. The molecule has 3 heterocycles. The lowest BCUT2D eigenvalue weighted by molar-refractivity contribution is -0.0136. The van der Waals surface area contributed by atoms with Crippen molar-refractivity contribution in [1.82, 2.24) is 9.97 Å². The molecule has 1 saturated carbocycles. The Labute approximate surface area is 203 Å². The van der Waals surface area contributed by atoms with Crippen molar-refractivity contribution in [1.29, 1.82) is 0 Å². The Morgan fingerprint density at radius 2 is 2.06 bits per heavy atom. The molecule has 0 bridgehead atoms. The predicted molar refractivity (Wildman–Crippen MR) is 129 cm³/mol. The van der Waals surface area contributed by atoms with E-state index < -0.39 is 22.9 Å². The van der Waals surface area contributed by atoms with E-state index in [0.29, 0.717) is 60.3 Å². The van der Waals surface area contributed by atoms with Gasteiger partial charge in [-0.2, -0.15) is 0 Å². The number of fused-ring (bicyclic) bond motifs is 1. The Morgan fingerprint density at radius 1 is 1.26 bits per heavy atom. The van der Waals surface area contributed by atoms with E-state index in [1.165, 1.54) is 12.3 Å². The van der Waals surface area contributed by atoms with Crippen LogP contribution in [0.15, 0.2) is 23.3 Å². The standard InChI is InChI=1S/C25H30ClFN4O3/c1-13-4-6-25(33,10-13)22-24(2,3)15-8-14(9-17(27)21(15)30-22)20-16(26)11-28-23(31-20)29-18-5-7-34-12-19(18)32/h8-9,11,13,18-19,32-33H,4-7,10,12H2,1-3H3,(H,28,29,31)/t13-,18?,19?,25?/m0/s1. The van der Waals surface area contributed by atoms with Crippen LogP contribution in [-0.2, 0) is 10.2 Å². The first-order valence-corrected chi connectivity index (χ1v) is 12.2. The smallest absolute Gasteiger partial charge is 0.223 e. The summed E-state index contributed by atoms with van der Waals surface area (Å²) in [6.45, 7) is 6.85. The number of hydrogen-bond acceptors (Lipinski definition) is 7. The van der Waals surface area contributed by atoms with Gasteiger partial charge in [-0.05, 0) is 49.3 Å². The van der Waals surface area contributed by atoms with Gasteiger partial charge in [-0.1, -0.05) is 32.4 Å². The molecule has 1 aromatic heterocycles. The Morgan fingerprint density at radius 3 is 2.76 bits per heavy atom. The Bertz CT molecular complexity index is 1160. The lowest BCUT2D eigenvalue weighted by Crippen LogP contribution is -2.45. The van der Waals surface area contributed by atoms with Crippen LogP contribution in [0.3, 0.4) is 0 Å². The summed E-state index contributed by atoms with van der Waals surface area (Å²) < 4.78 is 20.6. The monoisotopic (exact) mass is 488 g/mol. The fraction of sp³-hybridized carbons (Fsp3) is 0.560. The number of ether oxygens (including phenoxy) is 1. The predicted octanol–water partition coefficient (Wildman–Crippen LogP) is 4.41. The molecule has 3 unspecified atom stereocenters. The maximum Gasteiger partial charge on any atom is 0.223 e. The Balaban J connectivity index is 1.50. The lowest BCUT2D eigenvalue weighted by atomic mass is 9.73. The van der Waals surface area contributed by atoms with Gasteiger partial charge in [0.2, 0.25) is 5.95 Å². The summed E-state index contributed by atoms with van der Waals surface area (Å²) in [4.78, 5) is 13.4. The second kappa shape index (κ2) is 8.52. The van der Waals surface area contributed by atoms with Gasteiger partial charge in [0.25, 0.3) is 0 Å². The molecular formula is C25H30ClFN4O3. The second-order valence-corrected chi connectivity index (χ2v) is 10.8. The molecule has 4 atom stereocenters. The quantitative estimate of drug-likeness (QED) is 0.589. The van der Waals surface area contributed by atoms with Gasteiger partial charge in [0.15, 0.2) is 0 Å². The SMILES string of the molecule is C[C@H]1CCC(O)(C2=Nc3c(F)cc(-c4nc(NC5CCOCC5O)ncc4Cl)cc3C2(C)C)C1. The number of aliphatic hydroxyl groups is 2. The first-order chi connectivity index (χ1) is 16.1. The number of nitrogens with zero attached hydrogens (tertiary/aromatic N) is 3. The summed E-state index contributed by atoms with van der Waals surface area (Å²) in [5.74, 6) is 0.221. The second-order valence-electron chi connectivity index (χ2n) is 10.4. The lowest BCUT2D eigenvalue weighted by Gasteiger charge is -2.33. The number of aliphatic hydroxyl groups excluding tert-OH is 1. The molecule has 2 aliphatic heterocycles. The third-order valence-corrected chi connectivity index (χ3v) is 7.66. The van der Waals surface area contributed by atoms with Gasteiger partial charge >= 0.3 is 0 Å². The number of anilines is 1. The van der Waals surface area contributed by atoms with E-state index in [0.717, 1.165) is 6.42 Å². The van der Waals surface area contributed by atoms with Crippen LogP contribution in [0.4, 0.5) is 16.0 Å². The average molecular weight is 489 g/mol. The van der Waals surface area contributed by atoms with Crippen LogP contribution in [-0.4, -0.2) is 56.9 Å². The normalized spacial score (nSPS) is 30.2. The van der Waals surface area contributed by atoms with Crippen LogP contribution in [0, 0.1) is 11.7 Å². The van der Waals surface area contributed by atoms with Crippen molar-refractivity contribution in [2.75, 3.05) is 18.5 Å². The third-order valence-electron chi connectivity index (χ3n) is 7.39. The van der Waals surface area contributed by atoms with Gasteiger partial charge in [-0.3, -0.25) is 4.99 Å². The van der Waals surface area contributed by atoms with Crippen molar-refractivity contribution in [3.63, 3.8) is 0 Å². The molecule has 0 radical (unpaired) electrons. The third kappa shape index (κ3) is 4.00. The van der Waals surface area contributed by atoms with E-state index in [1.54, 1.807) is 0 Å². The van der Waals surface area contributed by atoms with E-state index in [9.17, 15) is 10.2 Å². The van der Waals surface area contributed by atoms with Gasteiger partial charge in [-0.15, -0.1) is 0 Å². The molecule has 0 spiro atoms. The maximum absolute atomic E-state index is 15.4.